The van der Waals surface area contributed by atoms with E-state index in [0.29, 0.717) is 12.1 Å². The van der Waals surface area contributed by atoms with Gasteiger partial charge in [-0.25, -0.2) is 4.79 Å². The minimum atomic E-state index is -1.18. The molecule has 4 amide bonds. The maximum atomic E-state index is 14.7. The van der Waals surface area contributed by atoms with E-state index >= 15 is 0 Å². The number of aryl methyl sites for hydroxylation is 2. The molecule has 7 atom stereocenters. The van der Waals surface area contributed by atoms with E-state index in [-0.39, 0.29) is 54.4 Å². The van der Waals surface area contributed by atoms with Crippen LogP contribution < -0.4 is 21.7 Å². The number of aliphatic carboxylic acids is 1. The van der Waals surface area contributed by atoms with Gasteiger partial charge in [0.1, 0.15) is 12.6 Å². The van der Waals surface area contributed by atoms with Crippen molar-refractivity contribution in [2.45, 2.75) is 128 Å². The molecule has 0 heterocycles. The zero-order valence-corrected chi connectivity index (χ0v) is 38.1. The Kier molecular flexibility index (Phi) is 11.4. The first-order chi connectivity index (χ1) is 31.0. The highest BCUT2D eigenvalue weighted by atomic mass is 16.5. The lowest BCUT2D eigenvalue weighted by Crippen LogP contribution is -2.60. The number of carboxylic acids is 1. The molecular formula is C54H62N4O7. The number of ether oxygens (including phenoxy) is 1. The van der Waals surface area contributed by atoms with Crippen molar-refractivity contribution in [1.82, 2.24) is 10.6 Å². The quantitative estimate of drug-likeness (QED) is 0.0773. The van der Waals surface area contributed by atoms with Crippen molar-refractivity contribution in [1.29, 1.82) is 0 Å². The highest BCUT2D eigenvalue weighted by Crippen LogP contribution is 2.60. The van der Waals surface area contributed by atoms with Crippen molar-refractivity contribution in [3.63, 3.8) is 0 Å². The topological polar surface area (TPSA) is 177 Å². The number of carboxylic acid groups (broad SMARTS) is 1. The number of benzene rings is 4. The average Bonchev–Trinajstić information content (AvgIpc) is 3.60. The maximum absolute atomic E-state index is 14.7. The zero-order chi connectivity index (χ0) is 45.9. The molecule has 0 aliphatic heterocycles. The lowest BCUT2D eigenvalue weighted by Gasteiger charge is -2.56. The molecule has 5 aliphatic carbocycles. The third-order valence-electron chi connectivity index (χ3n) is 16.9. The molecule has 11 heteroatoms. The minimum Gasteiger partial charge on any atom is -0.481 e. The van der Waals surface area contributed by atoms with Gasteiger partial charge in [0.15, 0.2) is 0 Å². The van der Waals surface area contributed by atoms with Gasteiger partial charge in [-0.3, -0.25) is 24.5 Å². The van der Waals surface area contributed by atoms with Gasteiger partial charge in [-0.2, -0.15) is 0 Å². The van der Waals surface area contributed by atoms with E-state index < -0.39 is 40.3 Å². The SMILES string of the molecule is C[C@]1(C(=O)NC(=O)[C@@]2(C)CCC[C@]3(C)c4cc(NC(=O)C(CCC(=O)O)NC(=O)OCC5c6ccccc6-c6ccccc65)ccc4CC[C@@H]23)CCC[C@]2(C)c3cc(N)ccc3CC[C@@H]12. The third-order valence-corrected chi connectivity index (χ3v) is 16.9. The molecule has 0 spiro atoms. The minimum absolute atomic E-state index is 0.0486. The van der Waals surface area contributed by atoms with E-state index in [0.717, 1.165) is 96.9 Å². The summed E-state index contributed by atoms with van der Waals surface area (Å²) >= 11 is 0. The predicted octanol–water partition coefficient (Wildman–Crippen LogP) is 9.34. The smallest absolute Gasteiger partial charge is 0.407 e. The number of carbonyl (C=O) groups is 5. The highest BCUT2D eigenvalue weighted by molar-refractivity contribution is 6.01. The number of rotatable bonds is 10. The molecule has 0 aromatic heterocycles. The molecule has 11 nitrogen and oxygen atoms in total. The van der Waals surface area contributed by atoms with Crippen LogP contribution in [-0.4, -0.2) is 47.5 Å². The van der Waals surface area contributed by atoms with Crippen molar-refractivity contribution in [2.75, 3.05) is 17.7 Å². The normalized spacial score (nSPS) is 27.8. The summed E-state index contributed by atoms with van der Waals surface area (Å²) in [6, 6.07) is 26.9. The summed E-state index contributed by atoms with van der Waals surface area (Å²) in [6.45, 7) is 8.63. The summed E-state index contributed by atoms with van der Waals surface area (Å²) in [5.41, 5.74) is 14.4. The van der Waals surface area contributed by atoms with Crippen LogP contribution in [0, 0.1) is 22.7 Å². The largest absolute Gasteiger partial charge is 0.481 e. The van der Waals surface area contributed by atoms with Gasteiger partial charge in [-0.05, 0) is 149 Å². The highest BCUT2D eigenvalue weighted by Gasteiger charge is 2.58. The van der Waals surface area contributed by atoms with Gasteiger partial charge >= 0.3 is 12.1 Å². The van der Waals surface area contributed by atoms with Crippen LogP contribution in [0.1, 0.15) is 131 Å². The monoisotopic (exact) mass is 878 g/mol. The van der Waals surface area contributed by atoms with Crippen LogP contribution >= 0.6 is 0 Å². The molecule has 65 heavy (non-hydrogen) atoms. The summed E-state index contributed by atoms with van der Waals surface area (Å²) in [4.78, 5) is 68.3. The Morgan fingerprint density at radius 1 is 0.723 bits per heavy atom. The Hall–Kier alpha value is -5.97. The Balaban J connectivity index is 0.891. The van der Waals surface area contributed by atoms with Crippen molar-refractivity contribution < 1.29 is 33.8 Å². The van der Waals surface area contributed by atoms with E-state index in [2.05, 4.69) is 48.9 Å². The Labute approximate surface area is 381 Å². The number of imide groups is 1. The van der Waals surface area contributed by atoms with Crippen molar-refractivity contribution in [2.24, 2.45) is 22.7 Å². The average molecular weight is 879 g/mol. The Morgan fingerprint density at radius 2 is 1.26 bits per heavy atom. The van der Waals surface area contributed by atoms with Crippen LogP contribution in [0.5, 0.6) is 0 Å². The molecule has 340 valence electrons. The fourth-order valence-electron chi connectivity index (χ4n) is 13.5. The fraction of sp³-hybridized carbons (Fsp3) is 0.463. The van der Waals surface area contributed by atoms with Crippen LogP contribution in [0.2, 0.25) is 0 Å². The summed E-state index contributed by atoms with van der Waals surface area (Å²) in [5.74, 6) is -2.20. The van der Waals surface area contributed by atoms with E-state index in [9.17, 15) is 29.1 Å². The molecule has 6 N–H and O–H groups in total. The fourth-order valence-corrected chi connectivity index (χ4v) is 13.5. The van der Waals surface area contributed by atoms with Gasteiger partial charge in [-0.15, -0.1) is 0 Å². The summed E-state index contributed by atoms with van der Waals surface area (Å²) in [6.07, 6.45) is 6.88. The number of nitrogens with two attached hydrogens (primary N) is 1. The van der Waals surface area contributed by atoms with E-state index in [1.165, 1.54) is 11.1 Å². The summed E-state index contributed by atoms with van der Waals surface area (Å²) < 4.78 is 5.74. The molecule has 5 aliphatic rings. The number of hydrogen-bond acceptors (Lipinski definition) is 7. The molecule has 9 rings (SSSR count). The van der Waals surface area contributed by atoms with Gasteiger partial charge in [0.05, 0.1) is 10.8 Å². The molecular weight excluding hydrogens is 817 g/mol. The number of hydrogen-bond donors (Lipinski definition) is 5. The van der Waals surface area contributed by atoms with Crippen molar-refractivity contribution in [3.8, 4) is 11.1 Å². The molecule has 1 unspecified atom stereocenters. The number of alkyl carbamates (subject to hydrolysis) is 1. The van der Waals surface area contributed by atoms with Gasteiger partial charge in [0.2, 0.25) is 17.7 Å². The number of nitrogen functional groups attached to an aromatic ring is 1. The van der Waals surface area contributed by atoms with Gasteiger partial charge in [0, 0.05) is 23.7 Å². The van der Waals surface area contributed by atoms with Gasteiger partial charge < -0.3 is 26.2 Å². The number of nitrogens with one attached hydrogen (secondary N) is 3. The van der Waals surface area contributed by atoms with Gasteiger partial charge in [-0.1, -0.05) is 101 Å². The summed E-state index contributed by atoms with van der Waals surface area (Å²) in [7, 11) is 0. The van der Waals surface area contributed by atoms with Crippen LogP contribution in [0.3, 0.4) is 0 Å². The van der Waals surface area contributed by atoms with Crippen LogP contribution in [0.15, 0.2) is 84.9 Å². The van der Waals surface area contributed by atoms with E-state index in [1.807, 2.05) is 79.7 Å². The molecule has 4 aromatic rings. The molecule has 2 saturated carbocycles. The first-order valence-corrected chi connectivity index (χ1v) is 23.6. The van der Waals surface area contributed by atoms with Crippen LogP contribution in [0.25, 0.3) is 11.1 Å². The molecule has 4 aromatic carbocycles. The van der Waals surface area contributed by atoms with E-state index in [4.69, 9.17) is 10.5 Å². The van der Waals surface area contributed by atoms with Crippen LogP contribution in [0.4, 0.5) is 16.2 Å². The van der Waals surface area contributed by atoms with Crippen LogP contribution in [-0.2, 0) is 47.6 Å². The first-order valence-electron chi connectivity index (χ1n) is 23.6. The van der Waals surface area contributed by atoms with Crippen molar-refractivity contribution >= 4 is 41.2 Å². The Morgan fingerprint density at radius 3 is 1.83 bits per heavy atom. The van der Waals surface area contributed by atoms with E-state index in [1.54, 1.807) is 0 Å². The number of anilines is 2. The molecule has 2 fully saturated rings. The number of fused-ring (bicyclic) bond motifs is 9. The lowest BCUT2D eigenvalue weighted by atomic mass is 9.49. The second kappa shape index (κ2) is 16.8. The van der Waals surface area contributed by atoms with Crippen molar-refractivity contribution in [3.05, 3.63) is 118 Å². The maximum Gasteiger partial charge on any atom is 0.407 e. The molecule has 0 bridgehead atoms. The summed E-state index contributed by atoms with van der Waals surface area (Å²) in [5, 5.41) is 18.2. The lowest BCUT2D eigenvalue weighted by molar-refractivity contribution is -0.150. The first kappa shape index (κ1) is 44.2. The number of amides is 4. The second-order valence-electron chi connectivity index (χ2n) is 20.6. The predicted molar refractivity (Wildman–Crippen MR) is 250 cm³/mol. The molecule has 0 saturated heterocycles. The Bertz CT molecular complexity index is 2550. The standard InChI is InChI=1S/C54H62N4O7/c1-51-25-9-27-53(3,44(51)22-17-32-15-19-34(55)29-41(32)51)48(62)58-49(63)54(4)28-10-26-52(2)42-30-35(20-16-33(42)18-23-45(52)54)56-47(61)43(21-24-46(59)60)57-50(64)65-31-40-38-13-7-5-11-36(38)37-12-6-8-14-39(37)40/h5-8,11-16,19-20,29-30,40,43-45H,9-10,17-18,21-28,31,55H2,1-4H3,(H,56,61)(H,57,64)(H,59,60)(H,58,62,63)/t43?,44-,45-,51-,52-,53+,54+/m1/s1. The molecule has 0 radical (unpaired) electrons. The zero-order valence-electron chi connectivity index (χ0n) is 38.1. The third kappa shape index (κ3) is 7.68. The number of carbonyl (C=O) groups excluding carboxylic acids is 4. The second-order valence-corrected chi connectivity index (χ2v) is 20.6. The van der Waals surface area contributed by atoms with Gasteiger partial charge in [0.25, 0.3) is 0 Å².